The Hall–Kier alpha value is -10.7. The smallest absolute Gasteiger partial charge is 0.459 e. The van der Waals surface area contributed by atoms with Crippen LogP contribution in [0.1, 0.15) is 92.2 Å². The number of carbonyl (C=O) groups is 6. The number of aryl methyl sites for hydroxylation is 3. The van der Waals surface area contributed by atoms with Crippen LogP contribution in [0.25, 0.3) is 51.1 Å². The van der Waals surface area contributed by atoms with Crippen molar-refractivity contribution in [3.05, 3.63) is 178 Å². The maximum absolute atomic E-state index is 15.7. The van der Waals surface area contributed by atoms with Crippen molar-refractivity contribution in [3.8, 4) is 0 Å². The van der Waals surface area contributed by atoms with E-state index in [2.05, 4.69) is 30.9 Å². The molecular weight excluding hydrogens is 1270 g/mol. The average molecular weight is 1350 g/mol. The second-order valence-corrected chi connectivity index (χ2v) is 27.8. The van der Waals surface area contributed by atoms with E-state index in [1.165, 1.54) is 51.5 Å². The van der Waals surface area contributed by atoms with E-state index < -0.39 is 62.4 Å². The summed E-state index contributed by atoms with van der Waals surface area (Å²) in [5, 5.41) is 12.6. The molecule has 98 heavy (non-hydrogen) atoms. The van der Waals surface area contributed by atoms with Crippen molar-refractivity contribution in [2.75, 3.05) is 72.0 Å². The number of hydrogen-bond acceptors (Lipinski definition) is 19. The molecule has 0 radical (unpaired) electrons. The van der Waals surface area contributed by atoms with Gasteiger partial charge in [0.1, 0.15) is 70.8 Å². The lowest BCUT2D eigenvalue weighted by Crippen LogP contribution is -2.55. The van der Waals surface area contributed by atoms with Crippen LogP contribution in [0.5, 0.6) is 0 Å². The first-order valence-electron chi connectivity index (χ1n) is 31.6. The number of pyridine rings is 3. The molecule has 12 rings (SSSR count). The standard InChI is InChI=1S/C72H75N12O13P/c1-43-49-19-13-16-22-55(49)95-58(43)37-79(10)61(85)28-25-46-31-52-64(73-34-46)82(67(88)70(4,5)76-52)40-92-98(91,93-41-83-65-53(77-71(6,7)68(83)89)32-47(35-74-65)26-29-62(86)80(11)38-59-44(2)50-20-14-17-23-56(50)96-59)94-42-84-66-54(78-72(8,9)69(84)90)33-48(36-75-66)27-30-63(87)81(12)39-60-45(3)51-21-15-18-24-57(51)97-60/h13-36,76-78H,37-42H2,1-12H3/b28-25+,29-26+,30-27+. The quantitative estimate of drug-likeness (QED) is 0.0445. The van der Waals surface area contributed by atoms with Gasteiger partial charge in [0.05, 0.1) is 36.7 Å². The van der Waals surface area contributed by atoms with Crippen molar-refractivity contribution in [3.63, 3.8) is 0 Å². The van der Waals surface area contributed by atoms with Crippen molar-refractivity contribution in [2.45, 2.75) is 98.6 Å². The molecule has 9 aromatic rings. The zero-order valence-electron chi connectivity index (χ0n) is 56.4. The van der Waals surface area contributed by atoms with Crippen molar-refractivity contribution in [2.24, 2.45) is 0 Å². The number of nitrogens with zero attached hydrogens (tertiary/aromatic N) is 9. The molecule has 25 nitrogen and oxygen atoms in total. The molecule has 3 aliphatic heterocycles. The summed E-state index contributed by atoms with van der Waals surface area (Å²) in [7, 11) is -0.0981. The normalized spacial score (nSPS) is 15.6. The van der Waals surface area contributed by atoms with Crippen LogP contribution in [0.2, 0.25) is 0 Å². The Labute approximate surface area is 565 Å². The SMILES string of the molecule is Cc1c(CN(C)C(=O)/C=C/c2cnc3c(c2)NC(C)(C)C(=O)N3COP(=O)(OCN2C(=O)C(C)(C)Nc3cc(/C=C/C(=O)N(C)Cc4oc5ccccc5c4C)cnc32)OCN2C(=O)C(C)(C)Nc3cc(/C=C/C(=O)N(C)Cc4oc5ccccc5c4C)cnc32)oc2ccccc12. The van der Waals surface area contributed by atoms with E-state index in [1.54, 1.807) is 99.1 Å². The van der Waals surface area contributed by atoms with Gasteiger partial charge in [-0.1, -0.05) is 54.6 Å². The topological polar surface area (TPSA) is 281 Å². The summed E-state index contributed by atoms with van der Waals surface area (Å²) in [6.07, 6.45) is 13.3. The number of furan rings is 3. The van der Waals surface area contributed by atoms with Gasteiger partial charge in [-0.3, -0.25) is 57.0 Å². The van der Waals surface area contributed by atoms with Crippen molar-refractivity contribution < 1.29 is 60.2 Å². The molecule has 26 heteroatoms. The maximum Gasteiger partial charge on any atom is 0.480 e. The lowest BCUT2D eigenvalue weighted by atomic mass is 9.99. The van der Waals surface area contributed by atoms with Gasteiger partial charge in [0, 0.05) is 90.8 Å². The number of para-hydroxylation sites is 3. The first-order chi connectivity index (χ1) is 46.6. The Morgan fingerprint density at radius 3 is 1.00 bits per heavy atom. The van der Waals surface area contributed by atoms with Gasteiger partial charge in [-0.2, -0.15) is 0 Å². The Bertz CT molecular complexity index is 4380. The summed E-state index contributed by atoms with van der Waals surface area (Å²) in [5.41, 5.74) is 3.63. The minimum atomic E-state index is -5.10. The van der Waals surface area contributed by atoms with Gasteiger partial charge in [0.2, 0.25) is 17.7 Å². The Kier molecular flexibility index (Phi) is 18.1. The molecule has 0 bridgehead atoms. The first kappa shape index (κ1) is 67.3. The predicted octanol–water partition coefficient (Wildman–Crippen LogP) is 12.1. The maximum atomic E-state index is 15.7. The van der Waals surface area contributed by atoms with Crippen LogP contribution in [0.3, 0.4) is 0 Å². The Morgan fingerprint density at radius 1 is 0.469 bits per heavy atom. The third kappa shape index (κ3) is 13.6. The number of nitrogens with one attached hydrogen (secondary N) is 3. The molecule has 6 aromatic heterocycles. The second-order valence-electron chi connectivity index (χ2n) is 26.1. The number of benzene rings is 3. The third-order valence-electron chi connectivity index (χ3n) is 17.5. The van der Waals surface area contributed by atoms with Crippen molar-refractivity contribution >= 4 is 129 Å². The number of rotatable bonds is 21. The summed E-state index contributed by atoms with van der Waals surface area (Å²) in [5.74, 6) is -0.434. The number of phosphoric acid groups is 1. The number of anilines is 6. The molecule has 0 unspecified atom stereocenters. The molecule has 0 atom stereocenters. The molecule has 0 spiro atoms. The van der Waals surface area contributed by atoms with Crippen LogP contribution < -0.4 is 30.7 Å². The number of carbonyl (C=O) groups excluding carboxylic acids is 6. The van der Waals surface area contributed by atoms with E-state index in [0.29, 0.717) is 51.0 Å². The minimum absolute atomic E-state index is 0.0650. The van der Waals surface area contributed by atoms with Gasteiger partial charge in [-0.25, -0.2) is 19.5 Å². The molecule has 9 heterocycles. The number of hydrogen-bond donors (Lipinski definition) is 3. The molecule has 506 valence electrons. The largest absolute Gasteiger partial charge is 0.480 e. The average Bonchev–Trinajstić information content (AvgIpc) is 0.998. The predicted molar refractivity (Wildman–Crippen MR) is 373 cm³/mol. The summed E-state index contributed by atoms with van der Waals surface area (Å²) >= 11 is 0. The fourth-order valence-corrected chi connectivity index (χ4v) is 12.8. The Balaban J connectivity index is 0.795. The Morgan fingerprint density at radius 2 is 0.735 bits per heavy atom. The van der Waals surface area contributed by atoms with Crippen LogP contribution in [-0.4, -0.2) is 123 Å². The molecule has 0 saturated heterocycles. The van der Waals surface area contributed by atoms with Crippen LogP contribution >= 0.6 is 7.82 Å². The lowest BCUT2D eigenvalue weighted by molar-refractivity contribution is -0.126. The van der Waals surface area contributed by atoms with E-state index in [-0.39, 0.29) is 54.8 Å². The van der Waals surface area contributed by atoms with E-state index in [0.717, 1.165) is 64.3 Å². The van der Waals surface area contributed by atoms with Crippen LogP contribution in [0.15, 0.2) is 141 Å². The molecule has 0 aliphatic carbocycles. The molecule has 3 N–H and O–H groups in total. The van der Waals surface area contributed by atoms with Gasteiger partial charge in [-0.05, 0) is 134 Å². The van der Waals surface area contributed by atoms with E-state index >= 15 is 4.57 Å². The molecular formula is C72H75N12O13P. The van der Waals surface area contributed by atoms with E-state index in [4.69, 9.17) is 26.8 Å². The number of fused-ring (bicyclic) bond motifs is 6. The minimum Gasteiger partial charge on any atom is -0.459 e. The number of likely N-dealkylation sites (N-methyl/N-ethyl adjacent to an activating group) is 3. The van der Waals surface area contributed by atoms with Gasteiger partial charge in [0.25, 0.3) is 17.7 Å². The fourth-order valence-electron chi connectivity index (χ4n) is 11.8. The third-order valence-corrected chi connectivity index (χ3v) is 18.8. The molecule has 0 saturated carbocycles. The van der Waals surface area contributed by atoms with E-state index in [9.17, 15) is 28.8 Å². The summed E-state index contributed by atoms with van der Waals surface area (Å²) in [6, 6.07) is 28.1. The van der Waals surface area contributed by atoms with Crippen LogP contribution in [0, 0.1) is 20.8 Å². The highest BCUT2D eigenvalue weighted by Gasteiger charge is 2.46. The molecule has 3 aromatic carbocycles. The van der Waals surface area contributed by atoms with Crippen LogP contribution in [-0.2, 0) is 66.5 Å². The first-order valence-corrected chi connectivity index (χ1v) is 33.1. The lowest BCUT2D eigenvalue weighted by Gasteiger charge is -2.40. The highest BCUT2D eigenvalue weighted by Crippen LogP contribution is 2.52. The second kappa shape index (κ2) is 26.4. The molecule has 0 fully saturated rings. The molecule has 3 aliphatic rings. The van der Waals surface area contributed by atoms with Gasteiger partial charge >= 0.3 is 7.82 Å². The van der Waals surface area contributed by atoms with Gasteiger partial charge in [0.15, 0.2) is 17.5 Å². The van der Waals surface area contributed by atoms with Crippen molar-refractivity contribution in [1.82, 2.24) is 29.7 Å². The van der Waals surface area contributed by atoms with Gasteiger partial charge in [-0.15, -0.1) is 0 Å². The monoisotopic (exact) mass is 1350 g/mol. The summed E-state index contributed by atoms with van der Waals surface area (Å²) in [6.45, 7) is 13.9. The number of aromatic nitrogens is 3. The fraction of sp³-hybridized carbons (Fsp3) is 0.292. The van der Waals surface area contributed by atoms with Gasteiger partial charge < -0.3 is 43.9 Å². The van der Waals surface area contributed by atoms with Crippen LogP contribution in [0.4, 0.5) is 34.5 Å². The van der Waals surface area contributed by atoms with Crippen molar-refractivity contribution in [1.29, 1.82) is 0 Å². The number of amides is 6. The molecule has 6 amide bonds. The highest BCUT2D eigenvalue weighted by atomic mass is 31.2. The number of phosphoric ester groups is 1. The zero-order chi connectivity index (χ0) is 69.8. The van der Waals surface area contributed by atoms with E-state index in [1.807, 2.05) is 93.6 Å². The summed E-state index contributed by atoms with van der Waals surface area (Å²) in [4.78, 5) is 106. The highest BCUT2D eigenvalue weighted by molar-refractivity contribution is 7.48. The zero-order valence-corrected chi connectivity index (χ0v) is 57.3. The summed E-state index contributed by atoms with van der Waals surface area (Å²) < 4.78 is 52.3.